The summed E-state index contributed by atoms with van der Waals surface area (Å²) in [6.07, 6.45) is 0.968. The molecule has 0 fully saturated rings. The van der Waals surface area contributed by atoms with E-state index in [9.17, 15) is 58.2 Å². The van der Waals surface area contributed by atoms with Crippen molar-refractivity contribution >= 4 is 70.7 Å². The van der Waals surface area contributed by atoms with Gasteiger partial charge in [0.1, 0.15) is 23.6 Å². The van der Waals surface area contributed by atoms with E-state index < -0.39 is 67.1 Å². The van der Waals surface area contributed by atoms with Gasteiger partial charge in [0.2, 0.25) is 29.9 Å². The third kappa shape index (κ3) is 15.5. The van der Waals surface area contributed by atoms with E-state index in [-0.39, 0.29) is 43.2 Å². The number of aliphatic imine (C=N–C) groups is 2. The Labute approximate surface area is 357 Å². The average molecular weight is 863 g/mol. The van der Waals surface area contributed by atoms with Gasteiger partial charge in [-0.1, -0.05) is 0 Å². The largest absolute Gasteiger partial charge is 0.493 e. The van der Waals surface area contributed by atoms with Gasteiger partial charge in [0.25, 0.3) is 5.91 Å². The first-order valence-electron chi connectivity index (χ1n) is 18.8. The molecule has 0 bridgehead atoms. The van der Waals surface area contributed by atoms with Crippen LogP contribution in [0.5, 0.6) is 11.5 Å². The molecule has 0 saturated heterocycles. The SMILES string of the molecule is O=C=Nc1ccc(C(=O)c2ccc(OCCC(=O)NC(CCC(=O)NNC(=O)CCC(NC(=O)COc3ccc(C(=O)c4ccc(N=C=O)cc4)cc3)C(=O)O)C(=O)O)cc2)cc1. The zero-order valence-corrected chi connectivity index (χ0v) is 33.0. The molecule has 0 spiro atoms. The minimum absolute atomic E-state index is 0.142. The molecule has 6 N–H and O–H groups in total. The molecule has 20 heteroatoms. The first-order valence-corrected chi connectivity index (χ1v) is 18.8. The van der Waals surface area contributed by atoms with Crippen molar-refractivity contribution in [1.82, 2.24) is 21.5 Å². The first kappa shape index (κ1) is 47.1. The molecule has 0 heterocycles. The summed E-state index contributed by atoms with van der Waals surface area (Å²) < 4.78 is 10.9. The van der Waals surface area contributed by atoms with Crippen molar-refractivity contribution in [3.63, 3.8) is 0 Å². The van der Waals surface area contributed by atoms with Crippen molar-refractivity contribution in [3.8, 4) is 11.5 Å². The maximum Gasteiger partial charge on any atom is 0.326 e. The van der Waals surface area contributed by atoms with Crippen LogP contribution in [0.3, 0.4) is 0 Å². The van der Waals surface area contributed by atoms with Crippen molar-refractivity contribution < 1.29 is 67.6 Å². The highest BCUT2D eigenvalue weighted by Crippen LogP contribution is 2.20. The highest BCUT2D eigenvalue weighted by molar-refractivity contribution is 6.09. The monoisotopic (exact) mass is 862 g/mol. The summed E-state index contributed by atoms with van der Waals surface area (Å²) in [4.78, 5) is 126. The Morgan fingerprint density at radius 1 is 0.492 bits per heavy atom. The Morgan fingerprint density at radius 3 is 1.24 bits per heavy atom. The van der Waals surface area contributed by atoms with E-state index in [1.54, 1.807) is 0 Å². The number of carbonyl (C=O) groups excluding carboxylic acids is 8. The topological polar surface area (TPSA) is 302 Å². The molecule has 4 amide bonds. The second-order valence-electron chi connectivity index (χ2n) is 13.2. The summed E-state index contributed by atoms with van der Waals surface area (Å²) >= 11 is 0. The standard InChI is InChI=1S/C43H38N6O14/c50-24-44-30-9-1-26(2-10-30)40(56)28-5-13-32(14-6-28)62-22-21-36(52)46-34(42(58)59)17-19-37(53)48-49-38(54)20-18-35(43(60)61)47-39(55)23-63-33-15-7-29(8-16-33)41(57)27-3-11-31(12-4-27)45-25-51/h1-16,34-35H,17-23H2,(H,46,52)(H,47,55)(H,48,53)(H,49,54)(H,58,59)(H,60,61). The third-order valence-electron chi connectivity index (χ3n) is 8.74. The van der Waals surface area contributed by atoms with Crippen molar-refractivity contribution in [2.45, 2.75) is 44.2 Å². The number of ether oxygens (including phenoxy) is 2. The molecular weight excluding hydrogens is 825 g/mol. The molecule has 0 saturated carbocycles. The number of nitrogens with one attached hydrogen (secondary N) is 4. The van der Waals surface area contributed by atoms with Crippen LogP contribution in [0.25, 0.3) is 0 Å². The number of ketones is 2. The minimum Gasteiger partial charge on any atom is -0.493 e. The number of nitrogens with zero attached hydrogens (tertiary/aromatic N) is 2. The van der Waals surface area contributed by atoms with Crippen LogP contribution in [-0.4, -0.2) is 94.8 Å². The lowest BCUT2D eigenvalue weighted by Gasteiger charge is -2.16. The number of carbonyl (C=O) groups is 8. The molecular formula is C43H38N6O14. The summed E-state index contributed by atoms with van der Waals surface area (Å²) in [5.74, 6) is -6.08. The van der Waals surface area contributed by atoms with Crippen LogP contribution in [0.15, 0.2) is 107 Å². The fourth-order valence-corrected chi connectivity index (χ4v) is 5.46. The van der Waals surface area contributed by atoms with E-state index in [0.29, 0.717) is 39.4 Å². The second kappa shape index (κ2) is 23.9. The summed E-state index contributed by atoms with van der Waals surface area (Å²) in [6, 6.07) is 20.9. The summed E-state index contributed by atoms with van der Waals surface area (Å²) in [5, 5.41) is 23.6. The lowest BCUT2D eigenvalue weighted by atomic mass is 10.0. The number of carboxylic acids is 2. The Balaban J connectivity index is 1.11. The molecule has 324 valence electrons. The summed E-state index contributed by atoms with van der Waals surface area (Å²) in [5.41, 5.74) is 6.19. The molecule has 0 radical (unpaired) electrons. The molecule has 0 aliphatic heterocycles. The molecule has 4 rings (SSSR count). The molecule has 4 aromatic rings. The van der Waals surface area contributed by atoms with Crippen LogP contribution in [-0.2, 0) is 38.4 Å². The predicted octanol–water partition coefficient (Wildman–Crippen LogP) is 2.78. The van der Waals surface area contributed by atoms with Gasteiger partial charge in [-0.25, -0.2) is 19.2 Å². The van der Waals surface area contributed by atoms with Crippen LogP contribution >= 0.6 is 0 Å². The number of hydrogen-bond donors (Lipinski definition) is 6. The molecule has 4 aromatic carbocycles. The maximum absolute atomic E-state index is 12.7. The van der Waals surface area contributed by atoms with Gasteiger partial charge in [0, 0.05) is 35.1 Å². The number of hydrazine groups is 1. The van der Waals surface area contributed by atoms with E-state index in [0.717, 1.165) is 0 Å². The smallest absolute Gasteiger partial charge is 0.326 e. The molecule has 0 aromatic heterocycles. The van der Waals surface area contributed by atoms with E-state index in [4.69, 9.17) is 9.47 Å². The number of rotatable bonds is 23. The molecule has 0 aliphatic rings. The van der Waals surface area contributed by atoms with Crippen molar-refractivity contribution in [2.75, 3.05) is 13.2 Å². The number of benzene rings is 4. The van der Waals surface area contributed by atoms with Gasteiger partial charge in [-0.2, -0.15) is 9.98 Å². The fourth-order valence-electron chi connectivity index (χ4n) is 5.46. The van der Waals surface area contributed by atoms with Crippen molar-refractivity contribution in [3.05, 3.63) is 119 Å². The van der Waals surface area contributed by atoms with Crippen LogP contribution in [0.1, 0.15) is 63.9 Å². The number of hydrogen-bond acceptors (Lipinski definition) is 14. The zero-order valence-electron chi connectivity index (χ0n) is 33.0. The van der Waals surface area contributed by atoms with Gasteiger partial charge in [0.15, 0.2) is 18.2 Å². The summed E-state index contributed by atoms with van der Waals surface area (Å²) in [7, 11) is 0. The summed E-state index contributed by atoms with van der Waals surface area (Å²) in [6.45, 7) is -0.737. The van der Waals surface area contributed by atoms with E-state index in [2.05, 4.69) is 31.5 Å². The predicted molar refractivity (Wildman–Crippen MR) is 218 cm³/mol. The fraction of sp³-hybridized carbons (Fsp3) is 0.209. The Kier molecular flexibility index (Phi) is 17.8. The number of aliphatic carboxylic acids is 2. The van der Waals surface area contributed by atoms with Crippen LogP contribution in [0.4, 0.5) is 11.4 Å². The van der Waals surface area contributed by atoms with Gasteiger partial charge in [-0.3, -0.25) is 39.6 Å². The number of isocyanates is 2. The molecule has 2 atom stereocenters. The van der Waals surface area contributed by atoms with E-state index in [1.807, 2.05) is 0 Å². The lowest BCUT2D eigenvalue weighted by Crippen LogP contribution is -2.46. The average Bonchev–Trinajstić information content (AvgIpc) is 3.28. The van der Waals surface area contributed by atoms with Gasteiger partial charge >= 0.3 is 11.9 Å². The van der Waals surface area contributed by atoms with Gasteiger partial charge in [0.05, 0.1) is 24.4 Å². The highest BCUT2D eigenvalue weighted by Gasteiger charge is 2.23. The Hall–Kier alpha value is -8.60. The molecule has 63 heavy (non-hydrogen) atoms. The first-order chi connectivity index (χ1) is 30.3. The van der Waals surface area contributed by atoms with E-state index >= 15 is 0 Å². The third-order valence-corrected chi connectivity index (χ3v) is 8.74. The normalized spacial score (nSPS) is 11.2. The molecule has 2 unspecified atom stereocenters. The minimum atomic E-state index is -1.50. The Morgan fingerprint density at radius 2 is 0.857 bits per heavy atom. The zero-order chi connectivity index (χ0) is 45.7. The maximum atomic E-state index is 12.7. The van der Waals surface area contributed by atoms with Crippen LogP contribution in [0.2, 0.25) is 0 Å². The second-order valence-corrected chi connectivity index (χ2v) is 13.2. The Bertz CT molecular complexity index is 2410. The van der Waals surface area contributed by atoms with Gasteiger partial charge in [-0.05, 0) is 110 Å². The molecule has 20 nitrogen and oxygen atoms in total. The quantitative estimate of drug-likeness (QED) is 0.0271. The van der Waals surface area contributed by atoms with Crippen molar-refractivity contribution in [1.29, 1.82) is 0 Å². The number of amides is 4. The van der Waals surface area contributed by atoms with Crippen LogP contribution in [0, 0.1) is 0 Å². The highest BCUT2D eigenvalue weighted by atomic mass is 16.5. The van der Waals surface area contributed by atoms with Gasteiger partial charge in [-0.15, -0.1) is 0 Å². The molecule has 0 aliphatic carbocycles. The van der Waals surface area contributed by atoms with Crippen LogP contribution < -0.4 is 31.0 Å². The van der Waals surface area contributed by atoms with E-state index in [1.165, 1.54) is 109 Å². The number of carboxylic acid groups (broad SMARTS) is 2. The van der Waals surface area contributed by atoms with Crippen molar-refractivity contribution in [2.24, 2.45) is 9.98 Å². The van der Waals surface area contributed by atoms with Gasteiger partial charge < -0.3 is 30.3 Å². The lowest BCUT2D eigenvalue weighted by molar-refractivity contribution is -0.143.